The second-order valence-electron chi connectivity index (χ2n) is 8.49. The number of aliphatic carboxylic acids is 1. The van der Waals surface area contributed by atoms with Crippen LogP contribution in [0.2, 0.25) is 0 Å². The second-order valence-corrected chi connectivity index (χ2v) is 9.02. The molecule has 0 saturated heterocycles. The number of carboxylic acid groups (broad SMARTS) is 1. The molecule has 0 fully saturated rings. The van der Waals surface area contributed by atoms with E-state index >= 15 is 0 Å². The van der Waals surface area contributed by atoms with Crippen molar-refractivity contribution in [2.45, 2.75) is 6.42 Å². The van der Waals surface area contributed by atoms with Crippen LogP contribution in [0.3, 0.4) is 0 Å². The van der Waals surface area contributed by atoms with Gasteiger partial charge >= 0.3 is 29.6 Å². The molecule has 0 radical (unpaired) electrons. The van der Waals surface area contributed by atoms with E-state index in [1.54, 1.807) is 48.5 Å². The topological polar surface area (TPSA) is 129 Å². The van der Waals surface area contributed by atoms with Gasteiger partial charge in [-0.1, -0.05) is 6.07 Å². The fraction of sp³-hybridized carbons (Fsp3) is 0.214. The number of hydrogen-bond acceptors (Lipinski definition) is 11. The molecule has 2 heterocycles. The number of fused-ring (bicyclic) bond motifs is 2. The summed E-state index contributed by atoms with van der Waals surface area (Å²) in [4.78, 5) is 26.8. The van der Waals surface area contributed by atoms with Gasteiger partial charge in [-0.25, -0.2) is 0 Å². The molecule has 0 bridgehead atoms. The van der Waals surface area contributed by atoms with E-state index in [-0.39, 0.29) is 58.3 Å². The van der Waals surface area contributed by atoms with Gasteiger partial charge < -0.3 is 33.6 Å². The average Bonchev–Trinajstić information content (AvgIpc) is 3.43. The van der Waals surface area contributed by atoms with E-state index in [9.17, 15) is 14.7 Å². The summed E-state index contributed by atoms with van der Waals surface area (Å²) >= 11 is 1.01. The molecule has 0 N–H and O–H groups in total. The number of carbonyl (C=O) groups is 2. The van der Waals surface area contributed by atoms with Crippen molar-refractivity contribution >= 4 is 40.1 Å². The van der Waals surface area contributed by atoms with Crippen LogP contribution in [0, 0.1) is 0 Å². The third-order valence-corrected chi connectivity index (χ3v) is 6.84. The molecule has 0 aliphatic carbocycles. The molecule has 0 unspecified atom stereocenters. The molecule has 0 spiro atoms. The van der Waals surface area contributed by atoms with Gasteiger partial charge in [0.1, 0.15) is 30.0 Å². The standard InChI is InChI=1S/C28H24N2O8S.Na/c1-34-22-14-24(36-3)23(35-2)13-17(22)10-18(27(31)16-5-7-21-25(12-16)38-9-8-37-21)26(28(32)33)15-4-6-19-20(11-15)30-39-29-19;/h4-7,11-14H,8-10H2,1-3H3,(H,32,33);/q;+1/p-1/b26-18+;. The number of ketones is 1. The zero-order chi connectivity index (χ0) is 27.5. The van der Waals surface area contributed by atoms with Crippen molar-refractivity contribution in [3.05, 3.63) is 70.8 Å². The van der Waals surface area contributed by atoms with Crippen LogP contribution in [0.15, 0.2) is 54.1 Å². The maximum Gasteiger partial charge on any atom is 1.00 e. The van der Waals surface area contributed by atoms with Crippen molar-refractivity contribution in [1.82, 2.24) is 8.75 Å². The van der Waals surface area contributed by atoms with Crippen LogP contribution in [0.25, 0.3) is 16.6 Å². The van der Waals surface area contributed by atoms with E-state index in [0.717, 1.165) is 11.7 Å². The molecule has 40 heavy (non-hydrogen) atoms. The monoisotopic (exact) mass is 570 g/mol. The van der Waals surface area contributed by atoms with Gasteiger partial charge in [0.15, 0.2) is 28.8 Å². The van der Waals surface area contributed by atoms with Crippen molar-refractivity contribution in [2.75, 3.05) is 34.5 Å². The van der Waals surface area contributed by atoms with Crippen LogP contribution in [0.4, 0.5) is 0 Å². The minimum Gasteiger partial charge on any atom is -0.545 e. The van der Waals surface area contributed by atoms with Crippen molar-refractivity contribution in [2.24, 2.45) is 0 Å². The van der Waals surface area contributed by atoms with E-state index in [4.69, 9.17) is 23.7 Å². The molecule has 0 amide bonds. The molecule has 1 aromatic heterocycles. The number of hydrogen-bond donors (Lipinski definition) is 0. The number of methoxy groups -OCH3 is 3. The molecule has 0 atom stereocenters. The van der Waals surface area contributed by atoms with E-state index in [1.807, 2.05) is 0 Å². The Bertz CT molecular complexity index is 1620. The number of carbonyl (C=O) groups excluding carboxylic acids is 2. The smallest absolute Gasteiger partial charge is 0.545 e. The van der Waals surface area contributed by atoms with Crippen LogP contribution in [-0.2, 0) is 11.2 Å². The third-order valence-electron chi connectivity index (χ3n) is 6.28. The summed E-state index contributed by atoms with van der Waals surface area (Å²) in [5.41, 5.74) is 1.81. The molecule has 3 aromatic carbocycles. The van der Waals surface area contributed by atoms with Crippen LogP contribution in [-0.4, -0.2) is 55.0 Å². The van der Waals surface area contributed by atoms with Crippen molar-refractivity contribution in [3.63, 3.8) is 0 Å². The summed E-state index contributed by atoms with van der Waals surface area (Å²) in [6.07, 6.45) is -0.118. The van der Waals surface area contributed by atoms with Crippen molar-refractivity contribution < 1.29 is 67.9 Å². The molecular formula is C28H23N2NaO8S. The largest absolute Gasteiger partial charge is 1.00 e. The molecular weight excluding hydrogens is 547 g/mol. The molecule has 1 aliphatic heterocycles. The average molecular weight is 571 g/mol. The quantitative estimate of drug-likeness (QED) is 0.155. The Morgan fingerprint density at radius 3 is 2.17 bits per heavy atom. The Morgan fingerprint density at radius 2 is 1.48 bits per heavy atom. The molecule has 1 aliphatic rings. The van der Waals surface area contributed by atoms with Gasteiger partial charge in [-0.2, -0.15) is 8.75 Å². The van der Waals surface area contributed by atoms with E-state index in [0.29, 0.717) is 58.6 Å². The van der Waals surface area contributed by atoms with E-state index in [1.165, 1.54) is 21.3 Å². The molecule has 12 heteroatoms. The number of ether oxygens (including phenoxy) is 5. The zero-order valence-electron chi connectivity index (χ0n) is 22.3. The maximum atomic E-state index is 14.1. The SMILES string of the molecule is COc1cc(OC)c(OC)cc1C/C(C(=O)c1ccc2c(c1)OCCO2)=C(\C(=O)[O-])c1ccc2nsnc2c1.[Na+]. The second kappa shape index (κ2) is 12.7. The fourth-order valence-corrected chi connectivity index (χ4v) is 4.93. The number of benzene rings is 3. The minimum absolute atomic E-state index is 0. The van der Waals surface area contributed by atoms with Gasteiger partial charge in [-0.05, 0) is 42.0 Å². The number of carboxylic acids is 1. The molecule has 10 nitrogen and oxygen atoms in total. The van der Waals surface area contributed by atoms with Gasteiger partial charge in [0.25, 0.3) is 0 Å². The Balaban J connectivity index is 0.00000370. The first-order chi connectivity index (χ1) is 18.9. The molecule has 4 aromatic rings. The van der Waals surface area contributed by atoms with E-state index < -0.39 is 11.8 Å². The first kappa shape index (κ1) is 29.3. The summed E-state index contributed by atoms with van der Waals surface area (Å²) in [6, 6.07) is 12.8. The summed E-state index contributed by atoms with van der Waals surface area (Å²) in [5.74, 6) is 0.0637. The van der Waals surface area contributed by atoms with Gasteiger partial charge in [-0.3, -0.25) is 4.79 Å². The van der Waals surface area contributed by atoms with Gasteiger partial charge in [0.2, 0.25) is 0 Å². The molecule has 0 saturated carbocycles. The summed E-state index contributed by atoms with van der Waals surface area (Å²) in [6.45, 7) is 0.732. The van der Waals surface area contributed by atoms with Gasteiger partial charge in [0.05, 0.1) is 39.0 Å². The Kier molecular flexibility index (Phi) is 9.31. The Labute approximate surface area is 256 Å². The predicted octanol–water partition coefficient (Wildman–Crippen LogP) is 0.121. The number of Topliss-reactive ketones (excluding diaryl/α,β-unsaturated/α-hetero) is 1. The predicted molar refractivity (Wildman–Crippen MR) is 141 cm³/mol. The van der Waals surface area contributed by atoms with Gasteiger partial charge in [-0.15, -0.1) is 0 Å². The Morgan fingerprint density at radius 1 is 0.825 bits per heavy atom. The Hall–Kier alpha value is -3.64. The first-order valence-corrected chi connectivity index (χ1v) is 12.6. The van der Waals surface area contributed by atoms with Crippen LogP contribution >= 0.6 is 11.7 Å². The van der Waals surface area contributed by atoms with Crippen LogP contribution in [0.1, 0.15) is 21.5 Å². The van der Waals surface area contributed by atoms with Crippen LogP contribution in [0.5, 0.6) is 28.7 Å². The van der Waals surface area contributed by atoms with Crippen molar-refractivity contribution in [3.8, 4) is 28.7 Å². The molecule has 200 valence electrons. The summed E-state index contributed by atoms with van der Waals surface area (Å²) < 4.78 is 36.0. The van der Waals surface area contributed by atoms with Crippen LogP contribution < -0.4 is 58.3 Å². The van der Waals surface area contributed by atoms with Crippen molar-refractivity contribution in [1.29, 1.82) is 0 Å². The molecule has 5 rings (SSSR count). The fourth-order valence-electron chi connectivity index (χ4n) is 4.41. The number of allylic oxidation sites excluding steroid dienone is 1. The number of rotatable bonds is 9. The van der Waals surface area contributed by atoms with Gasteiger partial charge in [0, 0.05) is 34.8 Å². The first-order valence-electron chi connectivity index (χ1n) is 11.8. The third kappa shape index (κ3) is 5.78. The minimum atomic E-state index is -1.52. The maximum absolute atomic E-state index is 14.1. The summed E-state index contributed by atoms with van der Waals surface area (Å²) in [7, 11) is 4.44. The number of nitrogens with zero attached hydrogens (tertiary/aromatic N) is 2. The zero-order valence-corrected chi connectivity index (χ0v) is 25.1. The normalized spacial score (nSPS) is 12.7. The summed E-state index contributed by atoms with van der Waals surface area (Å²) in [5, 5.41) is 12.7. The number of aromatic nitrogens is 2. The van der Waals surface area contributed by atoms with E-state index in [2.05, 4.69) is 8.75 Å².